The smallest absolute Gasteiger partial charge is 0.315 e. The number of aliphatic hydroxyl groups is 1. The minimum absolute atomic E-state index is 0.0106. The van der Waals surface area contributed by atoms with Gasteiger partial charge in [0.25, 0.3) is 0 Å². The van der Waals surface area contributed by atoms with Gasteiger partial charge in [0, 0.05) is 31.3 Å². The largest absolute Gasteiger partial charge is 0.396 e. The summed E-state index contributed by atoms with van der Waals surface area (Å²) < 4.78 is 0. The second kappa shape index (κ2) is 6.81. The highest BCUT2D eigenvalue weighted by atomic mass is 16.3. The molecule has 5 nitrogen and oxygen atoms in total. The van der Waals surface area contributed by atoms with Gasteiger partial charge in [0.15, 0.2) is 0 Å². The van der Waals surface area contributed by atoms with Crippen LogP contribution in [0.5, 0.6) is 0 Å². The van der Waals surface area contributed by atoms with Crippen LogP contribution in [0.15, 0.2) is 0 Å². The summed E-state index contributed by atoms with van der Waals surface area (Å²) in [5.41, 5.74) is 0. The Balaban J connectivity index is 2.13. The molecule has 2 atom stereocenters. The van der Waals surface area contributed by atoms with E-state index in [2.05, 4.69) is 29.5 Å². The third-order valence-electron chi connectivity index (χ3n) is 3.32. The van der Waals surface area contributed by atoms with E-state index in [1.54, 1.807) is 0 Å². The average molecular weight is 243 g/mol. The Bertz CT molecular complexity index is 244. The normalized spacial score (nSPS) is 18.9. The molecule has 0 aliphatic heterocycles. The van der Waals surface area contributed by atoms with Gasteiger partial charge in [-0.05, 0) is 40.2 Å². The number of urea groups is 1. The number of hydrogen-bond donors (Lipinski definition) is 3. The number of aliphatic hydroxyl groups excluding tert-OH is 1. The molecule has 17 heavy (non-hydrogen) atoms. The Kier molecular flexibility index (Phi) is 5.71. The van der Waals surface area contributed by atoms with Gasteiger partial charge in [-0.2, -0.15) is 0 Å². The van der Waals surface area contributed by atoms with Gasteiger partial charge in [-0.1, -0.05) is 0 Å². The van der Waals surface area contributed by atoms with Gasteiger partial charge in [-0.25, -0.2) is 4.79 Å². The fourth-order valence-corrected chi connectivity index (χ4v) is 1.77. The summed E-state index contributed by atoms with van der Waals surface area (Å²) >= 11 is 0. The minimum Gasteiger partial charge on any atom is -0.396 e. The highest BCUT2D eigenvalue weighted by Gasteiger charge is 2.29. The number of rotatable bonds is 7. The van der Waals surface area contributed by atoms with Crippen LogP contribution in [0.4, 0.5) is 4.79 Å². The minimum atomic E-state index is -0.151. The Morgan fingerprint density at radius 3 is 2.65 bits per heavy atom. The molecule has 1 aliphatic rings. The van der Waals surface area contributed by atoms with Gasteiger partial charge >= 0.3 is 6.03 Å². The third kappa shape index (κ3) is 5.37. The van der Waals surface area contributed by atoms with Crippen molar-refractivity contribution in [3.8, 4) is 0 Å². The molecule has 1 fully saturated rings. The van der Waals surface area contributed by atoms with E-state index in [0.29, 0.717) is 25.0 Å². The quantitative estimate of drug-likeness (QED) is 0.611. The Hall–Kier alpha value is -0.810. The molecule has 1 rings (SSSR count). The summed E-state index contributed by atoms with van der Waals surface area (Å²) in [6.45, 7) is 4.76. The van der Waals surface area contributed by atoms with Crippen LogP contribution in [0.2, 0.25) is 0 Å². The number of hydrogen-bond acceptors (Lipinski definition) is 3. The summed E-state index contributed by atoms with van der Waals surface area (Å²) in [7, 11) is 2.11. The lowest BCUT2D eigenvalue weighted by molar-refractivity contribution is 0.217. The van der Waals surface area contributed by atoms with Crippen molar-refractivity contribution in [2.45, 2.75) is 51.2 Å². The number of likely N-dealkylation sites (N-methyl/N-ethyl adjacent to an activating group) is 1. The van der Waals surface area contributed by atoms with Crippen LogP contribution in [-0.4, -0.2) is 54.4 Å². The molecule has 1 aliphatic carbocycles. The number of carbonyl (C=O) groups excluding carboxylic acids is 1. The predicted octanol–water partition coefficient (Wildman–Crippen LogP) is 0.539. The molecule has 0 spiro atoms. The lowest BCUT2D eigenvalue weighted by Gasteiger charge is -2.25. The highest BCUT2D eigenvalue weighted by molar-refractivity contribution is 5.74. The van der Waals surface area contributed by atoms with Crippen LogP contribution in [-0.2, 0) is 0 Å². The van der Waals surface area contributed by atoms with E-state index >= 15 is 0 Å². The second-order valence-electron chi connectivity index (χ2n) is 5.01. The number of amides is 2. The fourth-order valence-electron chi connectivity index (χ4n) is 1.77. The van der Waals surface area contributed by atoms with Crippen LogP contribution >= 0.6 is 0 Å². The maximum Gasteiger partial charge on any atom is 0.315 e. The van der Waals surface area contributed by atoms with E-state index in [9.17, 15) is 4.79 Å². The molecular formula is C12H25N3O2. The van der Waals surface area contributed by atoms with E-state index < -0.39 is 0 Å². The number of carbonyl (C=O) groups is 1. The van der Waals surface area contributed by atoms with E-state index in [0.717, 1.165) is 0 Å². The molecule has 0 radical (unpaired) electrons. The maximum atomic E-state index is 11.5. The summed E-state index contributed by atoms with van der Waals surface area (Å²) in [6, 6.07) is 0.933. The van der Waals surface area contributed by atoms with Gasteiger partial charge in [-0.15, -0.1) is 0 Å². The lowest BCUT2D eigenvalue weighted by atomic mass is 10.2. The standard InChI is InChI=1S/C12H25N3O2/c1-9(6-7-16)14-12(17)13-8-10(2)15(3)11-4-5-11/h9-11,16H,4-8H2,1-3H3,(H2,13,14,17)/t9-,10?/m1/s1. The molecule has 1 saturated carbocycles. The van der Waals surface area contributed by atoms with Gasteiger partial charge in [0.1, 0.15) is 0 Å². The van der Waals surface area contributed by atoms with Crippen molar-refractivity contribution in [3.63, 3.8) is 0 Å². The maximum absolute atomic E-state index is 11.5. The molecule has 1 unspecified atom stereocenters. The molecule has 5 heteroatoms. The van der Waals surface area contributed by atoms with Gasteiger partial charge in [0.2, 0.25) is 0 Å². The summed E-state index contributed by atoms with van der Waals surface area (Å²) in [6.07, 6.45) is 3.14. The van der Waals surface area contributed by atoms with Gasteiger partial charge in [-0.3, -0.25) is 4.90 Å². The summed E-state index contributed by atoms with van der Waals surface area (Å²) in [5.74, 6) is 0. The van der Waals surface area contributed by atoms with Crippen LogP contribution in [0.25, 0.3) is 0 Å². The number of nitrogens with zero attached hydrogens (tertiary/aromatic N) is 1. The van der Waals surface area contributed by atoms with E-state index in [4.69, 9.17) is 5.11 Å². The molecule has 0 aromatic rings. The monoisotopic (exact) mass is 243 g/mol. The van der Waals surface area contributed by atoms with Gasteiger partial charge in [0.05, 0.1) is 0 Å². The molecule has 0 saturated heterocycles. The first-order valence-corrected chi connectivity index (χ1v) is 6.41. The first kappa shape index (κ1) is 14.3. The van der Waals surface area contributed by atoms with Crippen molar-refractivity contribution in [3.05, 3.63) is 0 Å². The molecule has 3 N–H and O–H groups in total. The van der Waals surface area contributed by atoms with Crippen molar-refractivity contribution in [1.29, 1.82) is 0 Å². The molecule has 0 heterocycles. The third-order valence-corrected chi connectivity index (χ3v) is 3.32. The zero-order chi connectivity index (χ0) is 12.8. The fraction of sp³-hybridized carbons (Fsp3) is 0.917. The van der Waals surface area contributed by atoms with Crippen molar-refractivity contribution >= 4 is 6.03 Å². The zero-order valence-corrected chi connectivity index (χ0v) is 11.1. The topological polar surface area (TPSA) is 64.6 Å². The van der Waals surface area contributed by atoms with Crippen LogP contribution in [0.3, 0.4) is 0 Å². The predicted molar refractivity (Wildman–Crippen MR) is 67.9 cm³/mol. The van der Waals surface area contributed by atoms with Crippen LogP contribution in [0, 0.1) is 0 Å². The van der Waals surface area contributed by atoms with E-state index in [1.807, 2.05) is 6.92 Å². The summed E-state index contributed by atoms with van der Waals surface area (Å²) in [5, 5.41) is 14.4. The Morgan fingerprint density at radius 2 is 2.12 bits per heavy atom. The van der Waals surface area contributed by atoms with Gasteiger partial charge < -0.3 is 15.7 Å². The second-order valence-corrected chi connectivity index (χ2v) is 5.01. The lowest BCUT2D eigenvalue weighted by Crippen LogP contribution is -2.46. The molecule has 2 amide bonds. The van der Waals surface area contributed by atoms with Crippen molar-refractivity contribution in [1.82, 2.24) is 15.5 Å². The van der Waals surface area contributed by atoms with E-state index in [-0.39, 0.29) is 18.7 Å². The molecule has 0 aromatic carbocycles. The summed E-state index contributed by atoms with van der Waals surface area (Å²) in [4.78, 5) is 13.8. The molecular weight excluding hydrogens is 218 g/mol. The molecule has 0 bridgehead atoms. The van der Waals surface area contributed by atoms with Crippen molar-refractivity contribution in [2.75, 3.05) is 20.2 Å². The van der Waals surface area contributed by atoms with E-state index in [1.165, 1.54) is 12.8 Å². The van der Waals surface area contributed by atoms with Crippen molar-refractivity contribution < 1.29 is 9.90 Å². The Labute approximate surface area is 104 Å². The molecule has 0 aromatic heterocycles. The number of nitrogens with one attached hydrogen (secondary N) is 2. The molecule has 100 valence electrons. The SMILES string of the molecule is CC(CNC(=O)N[C@H](C)CCO)N(C)C1CC1. The van der Waals surface area contributed by atoms with Crippen LogP contribution in [0.1, 0.15) is 33.1 Å². The van der Waals surface area contributed by atoms with Crippen LogP contribution < -0.4 is 10.6 Å². The highest BCUT2D eigenvalue weighted by Crippen LogP contribution is 2.26. The first-order chi connectivity index (χ1) is 8.04. The average Bonchev–Trinajstić information content (AvgIpc) is 3.08. The first-order valence-electron chi connectivity index (χ1n) is 6.41. The van der Waals surface area contributed by atoms with Crippen molar-refractivity contribution in [2.24, 2.45) is 0 Å². The zero-order valence-electron chi connectivity index (χ0n) is 11.1. The Morgan fingerprint density at radius 1 is 1.47 bits per heavy atom.